The van der Waals surface area contributed by atoms with Crippen LogP contribution in [0, 0.1) is 6.92 Å². The number of hydrogen-bond acceptors (Lipinski definition) is 7. The van der Waals surface area contributed by atoms with Gasteiger partial charge in [-0.2, -0.15) is 0 Å². The molecule has 0 bridgehead atoms. The van der Waals surface area contributed by atoms with Crippen LogP contribution in [0.15, 0.2) is 60.9 Å². The van der Waals surface area contributed by atoms with Gasteiger partial charge in [0.1, 0.15) is 0 Å². The molecule has 2 aromatic heterocycles. The molecule has 9 heteroatoms. The van der Waals surface area contributed by atoms with E-state index in [4.69, 9.17) is 9.72 Å². The number of aromatic nitrogens is 4. The summed E-state index contributed by atoms with van der Waals surface area (Å²) in [6.45, 7) is 10.8. The van der Waals surface area contributed by atoms with Crippen LogP contribution < -0.4 is 10.6 Å². The summed E-state index contributed by atoms with van der Waals surface area (Å²) in [6, 6.07) is 19.4. The van der Waals surface area contributed by atoms with Gasteiger partial charge in [-0.3, -0.25) is 4.90 Å². The van der Waals surface area contributed by atoms with E-state index in [1.165, 1.54) is 16.7 Å². The molecule has 0 aliphatic carbocycles. The number of hydrogen-bond donors (Lipinski definition) is 4. The molecule has 1 aliphatic heterocycles. The summed E-state index contributed by atoms with van der Waals surface area (Å²) in [4.78, 5) is 15.5. The Morgan fingerprint density at radius 1 is 1.05 bits per heavy atom. The molecular formula is C34H43N7O2. The Morgan fingerprint density at radius 2 is 1.93 bits per heavy atom. The average molecular weight is 582 g/mol. The van der Waals surface area contributed by atoms with Crippen LogP contribution in [-0.4, -0.2) is 75.5 Å². The van der Waals surface area contributed by atoms with Crippen molar-refractivity contribution in [2.24, 2.45) is 0 Å². The van der Waals surface area contributed by atoms with Gasteiger partial charge in [0.25, 0.3) is 0 Å². The number of fused-ring (bicyclic) bond motifs is 2. The van der Waals surface area contributed by atoms with Crippen LogP contribution >= 0.6 is 0 Å². The number of aryl methyl sites for hydroxylation is 2. The molecule has 1 atom stereocenters. The van der Waals surface area contributed by atoms with Crippen LogP contribution in [0.25, 0.3) is 22.1 Å². The first-order valence-corrected chi connectivity index (χ1v) is 15.5. The Kier molecular flexibility index (Phi) is 9.21. The van der Waals surface area contributed by atoms with Gasteiger partial charge in [-0.05, 0) is 80.6 Å². The van der Waals surface area contributed by atoms with E-state index >= 15 is 0 Å². The molecule has 1 saturated heterocycles. The maximum absolute atomic E-state index is 9.36. The minimum absolute atomic E-state index is 0.0174. The number of H-pyrrole nitrogens is 1. The van der Waals surface area contributed by atoms with Crippen LogP contribution in [0.2, 0.25) is 0 Å². The number of para-hydroxylation sites is 1. The second kappa shape index (κ2) is 13.6. The van der Waals surface area contributed by atoms with Gasteiger partial charge in [0.05, 0.1) is 47.6 Å². The molecule has 1 aliphatic rings. The molecule has 9 nitrogen and oxygen atoms in total. The lowest BCUT2D eigenvalue weighted by molar-refractivity contribution is 0.0378. The lowest BCUT2D eigenvalue weighted by Gasteiger charge is -2.26. The summed E-state index contributed by atoms with van der Waals surface area (Å²) < 4.78 is 7.83. The molecule has 4 N–H and O–H groups in total. The van der Waals surface area contributed by atoms with Crippen molar-refractivity contribution in [1.29, 1.82) is 0 Å². The van der Waals surface area contributed by atoms with Gasteiger partial charge in [0.15, 0.2) is 0 Å². The monoisotopic (exact) mass is 581 g/mol. The topological polar surface area (TPSA) is 103 Å². The smallest absolute Gasteiger partial charge is 0.204 e. The second-order valence-corrected chi connectivity index (χ2v) is 11.5. The van der Waals surface area contributed by atoms with Crippen molar-refractivity contribution in [3.8, 4) is 0 Å². The van der Waals surface area contributed by atoms with Crippen molar-refractivity contribution in [2.75, 3.05) is 56.6 Å². The number of aliphatic hydroxyl groups excluding tert-OH is 1. The number of nitrogens with one attached hydrogen (secondary N) is 3. The molecule has 0 spiro atoms. The van der Waals surface area contributed by atoms with Crippen LogP contribution in [0.5, 0.6) is 0 Å². The molecule has 0 amide bonds. The van der Waals surface area contributed by atoms with E-state index in [1.807, 2.05) is 0 Å². The Labute approximate surface area is 253 Å². The van der Waals surface area contributed by atoms with Crippen LogP contribution in [0.4, 0.5) is 11.6 Å². The number of imidazole rings is 2. The summed E-state index contributed by atoms with van der Waals surface area (Å²) >= 11 is 0. The molecule has 3 heterocycles. The fourth-order valence-corrected chi connectivity index (χ4v) is 6.10. The normalized spacial score (nSPS) is 14.9. The molecule has 43 heavy (non-hydrogen) atoms. The van der Waals surface area contributed by atoms with Crippen molar-refractivity contribution >= 4 is 33.7 Å². The predicted molar refractivity (Wildman–Crippen MR) is 174 cm³/mol. The molecule has 0 radical (unpaired) electrons. The van der Waals surface area contributed by atoms with E-state index in [2.05, 4.69) is 98.5 Å². The first kappa shape index (κ1) is 29.2. The first-order chi connectivity index (χ1) is 21.1. The molecule has 1 fully saturated rings. The third kappa shape index (κ3) is 6.69. The SMILES string of the molecule is Cc1ccc(CCCO)c(NCc2ccc3nc(NCCCN4CCOCC4)n(C(C)c4cccc5[nH]cnc45)c3c2)c1. The lowest BCUT2D eigenvalue weighted by Crippen LogP contribution is -2.37. The summed E-state index contributed by atoms with van der Waals surface area (Å²) in [6.07, 6.45) is 4.41. The zero-order valence-electron chi connectivity index (χ0n) is 25.3. The molecule has 1 unspecified atom stereocenters. The van der Waals surface area contributed by atoms with Crippen molar-refractivity contribution < 1.29 is 9.84 Å². The number of aromatic amines is 1. The van der Waals surface area contributed by atoms with Gasteiger partial charge in [-0.1, -0.05) is 30.3 Å². The van der Waals surface area contributed by atoms with E-state index in [9.17, 15) is 5.11 Å². The number of aliphatic hydroxyl groups is 1. The van der Waals surface area contributed by atoms with Crippen molar-refractivity contribution in [3.05, 3.63) is 83.2 Å². The van der Waals surface area contributed by atoms with Gasteiger partial charge >= 0.3 is 0 Å². The third-order valence-electron chi connectivity index (χ3n) is 8.46. The Bertz CT molecular complexity index is 1650. The molecule has 0 saturated carbocycles. The highest BCUT2D eigenvalue weighted by Crippen LogP contribution is 2.32. The number of anilines is 2. The van der Waals surface area contributed by atoms with E-state index in [-0.39, 0.29) is 12.6 Å². The van der Waals surface area contributed by atoms with Crippen molar-refractivity contribution in [2.45, 2.75) is 45.7 Å². The number of morpholine rings is 1. The molecule has 6 rings (SSSR count). The summed E-state index contributed by atoms with van der Waals surface area (Å²) in [7, 11) is 0. The predicted octanol–water partition coefficient (Wildman–Crippen LogP) is 5.50. The summed E-state index contributed by atoms with van der Waals surface area (Å²) in [5.74, 6) is 0.882. The zero-order valence-corrected chi connectivity index (χ0v) is 25.3. The van der Waals surface area contributed by atoms with E-state index in [0.29, 0.717) is 6.54 Å². The Balaban J connectivity index is 1.28. The minimum atomic E-state index is 0.0174. The molecule has 5 aromatic rings. The molecule has 3 aromatic carbocycles. The number of benzene rings is 3. The number of rotatable bonds is 13. The van der Waals surface area contributed by atoms with Gasteiger partial charge in [-0.25, -0.2) is 9.97 Å². The van der Waals surface area contributed by atoms with Gasteiger partial charge < -0.3 is 30.0 Å². The van der Waals surface area contributed by atoms with E-state index in [0.717, 1.165) is 97.9 Å². The second-order valence-electron chi connectivity index (χ2n) is 11.5. The molecular weight excluding hydrogens is 538 g/mol. The Morgan fingerprint density at radius 3 is 2.79 bits per heavy atom. The first-order valence-electron chi connectivity index (χ1n) is 15.5. The maximum Gasteiger partial charge on any atom is 0.204 e. The quantitative estimate of drug-likeness (QED) is 0.136. The minimum Gasteiger partial charge on any atom is -0.396 e. The van der Waals surface area contributed by atoms with Gasteiger partial charge in [0, 0.05) is 44.0 Å². The van der Waals surface area contributed by atoms with Gasteiger partial charge in [0.2, 0.25) is 5.95 Å². The maximum atomic E-state index is 9.36. The van der Waals surface area contributed by atoms with Gasteiger partial charge in [-0.15, -0.1) is 0 Å². The zero-order chi connectivity index (χ0) is 29.6. The average Bonchev–Trinajstić information content (AvgIpc) is 3.66. The van der Waals surface area contributed by atoms with Crippen LogP contribution in [0.3, 0.4) is 0 Å². The van der Waals surface area contributed by atoms with E-state index < -0.39 is 0 Å². The van der Waals surface area contributed by atoms with Crippen molar-refractivity contribution in [1.82, 2.24) is 24.4 Å². The van der Waals surface area contributed by atoms with Crippen molar-refractivity contribution in [3.63, 3.8) is 0 Å². The lowest BCUT2D eigenvalue weighted by atomic mass is 10.0. The van der Waals surface area contributed by atoms with Crippen LogP contribution in [-0.2, 0) is 17.7 Å². The fraction of sp³-hybridized carbons (Fsp3) is 0.412. The highest BCUT2D eigenvalue weighted by molar-refractivity contribution is 5.82. The Hall–Kier alpha value is -3.92. The number of ether oxygens (including phenoxy) is 1. The highest BCUT2D eigenvalue weighted by Gasteiger charge is 2.21. The molecule has 226 valence electrons. The standard InChI is InChI=1S/C34H43N7O2/c1-24-9-11-27(6-4-17-42)31(20-24)36-22-26-10-12-29-32(21-26)41(25(2)28-7-3-8-30-33(28)38-23-37-30)34(39-29)35-13-5-14-40-15-18-43-19-16-40/h3,7-12,20-21,23,25,36,42H,4-6,13-19,22H2,1-2H3,(H,35,39)(H,37,38). The summed E-state index contributed by atoms with van der Waals surface area (Å²) in [5, 5.41) is 16.7. The fourth-order valence-electron chi connectivity index (χ4n) is 6.10. The largest absolute Gasteiger partial charge is 0.396 e. The number of nitrogens with zero attached hydrogens (tertiary/aromatic N) is 4. The third-order valence-corrected chi connectivity index (χ3v) is 8.46. The summed E-state index contributed by atoms with van der Waals surface area (Å²) in [5.41, 5.74) is 10.0. The van der Waals surface area contributed by atoms with Crippen LogP contribution in [0.1, 0.15) is 48.1 Å². The van der Waals surface area contributed by atoms with E-state index in [1.54, 1.807) is 6.33 Å². The highest BCUT2D eigenvalue weighted by atomic mass is 16.5.